The number of benzene rings is 2. The normalized spacial score (nSPS) is 21.1. The summed E-state index contributed by atoms with van der Waals surface area (Å²) in [6.45, 7) is 4.56. The Bertz CT molecular complexity index is 542. The van der Waals surface area contributed by atoms with Crippen molar-refractivity contribution in [2.24, 2.45) is 5.92 Å². The van der Waals surface area contributed by atoms with Crippen LogP contribution in [0.4, 0.5) is 0 Å². The molecule has 128 valence electrons. The van der Waals surface area contributed by atoms with Gasteiger partial charge in [-0.15, -0.1) is 0 Å². The van der Waals surface area contributed by atoms with Crippen molar-refractivity contribution in [1.29, 1.82) is 0 Å². The zero-order valence-electron chi connectivity index (χ0n) is 14.7. The molecule has 0 aromatic heterocycles. The summed E-state index contributed by atoms with van der Waals surface area (Å²) in [5.41, 5.74) is 2.72. The number of hydrogen-bond acceptors (Lipinski definition) is 2. The van der Waals surface area contributed by atoms with Gasteiger partial charge in [0.05, 0.1) is 6.04 Å². The molecule has 2 atom stereocenters. The molecule has 1 aliphatic heterocycles. The first-order chi connectivity index (χ1) is 11.9. The summed E-state index contributed by atoms with van der Waals surface area (Å²) in [7, 11) is 0. The zero-order valence-corrected chi connectivity index (χ0v) is 14.7. The lowest BCUT2D eigenvalue weighted by atomic mass is 9.87. The number of hydrogen-bond donors (Lipinski definition) is 2. The Morgan fingerprint density at radius 3 is 2.21 bits per heavy atom. The van der Waals surface area contributed by atoms with E-state index >= 15 is 0 Å². The summed E-state index contributed by atoms with van der Waals surface area (Å²) in [4.78, 5) is 0. The maximum absolute atomic E-state index is 4.01. The molecular weight excluding hydrogens is 292 g/mol. The van der Waals surface area contributed by atoms with Crippen LogP contribution in [0.2, 0.25) is 0 Å². The van der Waals surface area contributed by atoms with Crippen LogP contribution in [0, 0.1) is 5.92 Å². The Balaban J connectivity index is 1.80. The highest BCUT2D eigenvalue weighted by atomic mass is 15.0. The lowest BCUT2D eigenvalue weighted by Gasteiger charge is -2.36. The summed E-state index contributed by atoms with van der Waals surface area (Å²) < 4.78 is 0. The Hall–Kier alpha value is -1.64. The molecule has 0 saturated carbocycles. The second-order valence-corrected chi connectivity index (χ2v) is 6.92. The highest BCUT2D eigenvalue weighted by molar-refractivity contribution is 5.31. The fourth-order valence-electron chi connectivity index (χ4n) is 3.80. The highest BCUT2D eigenvalue weighted by Crippen LogP contribution is 2.26. The van der Waals surface area contributed by atoms with E-state index in [0.29, 0.717) is 6.04 Å². The van der Waals surface area contributed by atoms with Crippen molar-refractivity contribution < 1.29 is 0 Å². The molecule has 3 rings (SSSR count). The minimum Gasteiger partial charge on any atom is -0.316 e. The van der Waals surface area contributed by atoms with Crippen LogP contribution < -0.4 is 10.6 Å². The van der Waals surface area contributed by atoms with Crippen LogP contribution in [0.15, 0.2) is 60.7 Å². The van der Waals surface area contributed by atoms with E-state index in [1.165, 1.54) is 36.8 Å². The number of piperidine rings is 1. The Morgan fingerprint density at radius 1 is 1.00 bits per heavy atom. The molecule has 24 heavy (non-hydrogen) atoms. The van der Waals surface area contributed by atoms with Gasteiger partial charge in [-0.1, -0.05) is 80.4 Å². The van der Waals surface area contributed by atoms with Crippen LogP contribution in [0.25, 0.3) is 0 Å². The zero-order chi connectivity index (χ0) is 16.6. The van der Waals surface area contributed by atoms with Crippen LogP contribution in [-0.4, -0.2) is 19.1 Å². The molecule has 0 amide bonds. The van der Waals surface area contributed by atoms with Gasteiger partial charge in [0.1, 0.15) is 0 Å². The average Bonchev–Trinajstić information content (AvgIpc) is 2.66. The number of nitrogens with one attached hydrogen (secondary N) is 2. The van der Waals surface area contributed by atoms with Gasteiger partial charge in [-0.25, -0.2) is 0 Å². The molecule has 2 aromatic rings. The molecule has 0 bridgehead atoms. The third-order valence-electron chi connectivity index (χ3n) is 5.18. The molecule has 2 N–H and O–H groups in total. The van der Waals surface area contributed by atoms with Crippen LogP contribution >= 0.6 is 0 Å². The van der Waals surface area contributed by atoms with E-state index in [0.717, 1.165) is 19.0 Å². The largest absolute Gasteiger partial charge is 0.316 e. The van der Waals surface area contributed by atoms with E-state index in [-0.39, 0.29) is 6.04 Å². The first-order valence-corrected chi connectivity index (χ1v) is 9.45. The van der Waals surface area contributed by atoms with Gasteiger partial charge in [0.25, 0.3) is 0 Å². The topological polar surface area (TPSA) is 24.1 Å². The van der Waals surface area contributed by atoms with Crippen molar-refractivity contribution >= 4 is 0 Å². The van der Waals surface area contributed by atoms with Crippen molar-refractivity contribution in [2.45, 2.75) is 44.7 Å². The molecule has 2 aromatic carbocycles. The minimum atomic E-state index is 0.277. The molecule has 1 heterocycles. The van der Waals surface area contributed by atoms with E-state index < -0.39 is 0 Å². The summed E-state index contributed by atoms with van der Waals surface area (Å²) in [6.07, 6.45) is 5.14. The second-order valence-electron chi connectivity index (χ2n) is 6.92. The fraction of sp³-hybridized carbons (Fsp3) is 0.455. The van der Waals surface area contributed by atoms with Gasteiger partial charge in [0, 0.05) is 6.04 Å². The molecular formula is C22H30N2. The van der Waals surface area contributed by atoms with Crippen molar-refractivity contribution in [3.8, 4) is 0 Å². The summed E-state index contributed by atoms with van der Waals surface area (Å²) >= 11 is 0. The molecule has 2 unspecified atom stereocenters. The maximum Gasteiger partial charge on any atom is 0.0578 e. The molecule has 1 fully saturated rings. The van der Waals surface area contributed by atoms with Gasteiger partial charge in [-0.2, -0.15) is 0 Å². The Labute approximate surface area is 146 Å². The lowest BCUT2D eigenvalue weighted by Crippen LogP contribution is -2.48. The Kier molecular flexibility index (Phi) is 6.45. The fourth-order valence-corrected chi connectivity index (χ4v) is 3.80. The first kappa shape index (κ1) is 17.2. The van der Waals surface area contributed by atoms with E-state index in [4.69, 9.17) is 0 Å². The smallest absolute Gasteiger partial charge is 0.0578 e. The van der Waals surface area contributed by atoms with E-state index in [2.05, 4.69) is 78.2 Å². The van der Waals surface area contributed by atoms with Crippen LogP contribution in [0.5, 0.6) is 0 Å². The number of rotatable bonds is 7. The van der Waals surface area contributed by atoms with E-state index in [1.54, 1.807) is 0 Å². The molecule has 1 saturated heterocycles. The average molecular weight is 322 g/mol. The quantitative estimate of drug-likeness (QED) is 0.782. The molecule has 2 heteroatoms. The third-order valence-corrected chi connectivity index (χ3v) is 5.18. The van der Waals surface area contributed by atoms with Crippen LogP contribution in [-0.2, 0) is 0 Å². The maximum atomic E-state index is 4.01. The van der Waals surface area contributed by atoms with E-state index in [9.17, 15) is 0 Å². The first-order valence-electron chi connectivity index (χ1n) is 9.45. The molecule has 0 spiro atoms. The van der Waals surface area contributed by atoms with Gasteiger partial charge in [0.2, 0.25) is 0 Å². The van der Waals surface area contributed by atoms with Crippen molar-refractivity contribution in [2.75, 3.05) is 13.1 Å². The monoisotopic (exact) mass is 322 g/mol. The predicted molar refractivity (Wildman–Crippen MR) is 102 cm³/mol. The van der Waals surface area contributed by atoms with Gasteiger partial charge < -0.3 is 10.6 Å². The number of unbranched alkanes of at least 4 members (excludes halogenated alkanes) is 1. The standard InChI is InChI=1S/C22H30N2/c1-2-3-10-20-17-23-16-15-21(20)24-22(18-11-6-4-7-12-18)19-13-8-5-9-14-19/h4-9,11-14,20-24H,2-3,10,15-17H2,1H3. The van der Waals surface area contributed by atoms with Gasteiger partial charge in [-0.05, 0) is 43.0 Å². The van der Waals surface area contributed by atoms with E-state index in [1.807, 2.05) is 0 Å². The molecule has 0 aliphatic carbocycles. The third kappa shape index (κ3) is 4.46. The van der Waals surface area contributed by atoms with Gasteiger partial charge >= 0.3 is 0 Å². The predicted octanol–water partition coefficient (Wildman–Crippen LogP) is 4.53. The second kappa shape index (κ2) is 9.00. The SMILES string of the molecule is CCCCC1CNCCC1NC(c1ccccc1)c1ccccc1. The van der Waals surface area contributed by atoms with Crippen molar-refractivity contribution in [3.63, 3.8) is 0 Å². The highest BCUT2D eigenvalue weighted by Gasteiger charge is 2.27. The molecule has 2 nitrogen and oxygen atoms in total. The van der Waals surface area contributed by atoms with Crippen molar-refractivity contribution in [3.05, 3.63) is 71.8 Å². The Morgan fingerprint density at radius 2 is 1.62 bits per heavy atom. The van der Waals surface area contributed by atoms with Gasteiger partial charge in [0.15, 0.2) is 0 Å². The molecule has 1 aliphatic rings. The lowest BCUT2D eigenvalue weighted by molar-refractivity contribution is 0.249. The summed E-state index contributed by atoms with van der Waals surface area (Å²) in [6, 6.07) is 22.6. The van der Waals surface area contributed by atoms with Crippen LogP contribution in [0.3, 0.4) is 0 Å². The van der Waals surface area contributed by atoms with Crippen LogP contribution in [0.1, 0.15) is 49.8 Å². The molecule has 0 radical (unpaired) electrons. The van der Waals surface area contributed by atoms with Crippen molar-refractivity contribution in [1.82, 2.24) is 10.6 Å². The summed E-state index contributed by atoms with van der Waals surface area (Å²) in [5, 5.41) is 7.59. The van der Waals surface area contributed by atoms with Gasteiger partial charge in [-0.3, -0.25) is 0 Å². The minimum absolute atomic E-state index is 0.277. The summed E-state index contributed by atoms with van der Waals surface area (Å²) in [5.74, 6) is 0.730.